The van der Waals surface area contributed by atoms with Crippen LogP contribution in [0, 0.1) is 0 Å². The third kappa shape index (κ3) is 3.30. The number of pyridine rings is 1. The molecule has 1 aromatic heterocycles. The van der Waals surface area contributed by atoms with Gasteiger partial charge in [0.25, 0.3) is 5.91 Å². The van der Waals surface area contributed by atoms with Crippen LogP contribution in [0.3, 0.4) is 0 Å². The molecule has 0 aromatic carbocycles. The van der Waals surface area contributed by atoms with E-state index < -0.39 is 0 Å². The second kappa shape index (κ2) is 6.73. The number of carbonyl (C=O) groups excluding carboxylic acids is 1. The van der Waals surface area contributed by atoms with Crippen molar-refractivity contribution < 1.29 is 4.79 Å². The SMILES string of the molecule is CCCNc1ccnc(C(=O)N2[C@H](C)CCC[C@@H]2C)c1. The summed E-state index contributed by atoms with van der Waals surface area (Å²) >= 11 is 0. The van der Waals surface area contributed by atoms with Gasteiger partial charge in [0.05, 0.1) is 0 Å². The molecule has 1 saturated heterocycles. The second-order valence-corrected chi connectivity index (χ2v) is 5.70. The Labute approximate surface area is 121 Å². The predicted molar refractivity (Wildman–Crippen MR) is 82.0 cm³/mol. The Hall–Kier alpha value is -1.58. The fourth-order valence-corrected chi connectivity index (χ4v) is 2.88. The van der Waals surface area contributed by atoms with Gasteiger partial charge < -0.3 is 10.2 Å². The standard InChI is InChI=1S/C16H25N3O/c1-4-9-17-14-8-10-18-15(11-14)16(20)19-12(2)6-5-7-13(19)3/h8,10-13H,4-7,9H2,1-3H3,(H,17,18)/t12-,13+. The Balaban J connectivity index is 2.15. The van der Waals surface area contributed by atoms with E-state index in [9.17, 15) is 4.79 Å². The fourth-order valence-electron chi connectivity index (χ4n) is 2.88. The molecule has 110 valence electrons. The highest BCUT2D eigenvalue weighted by atomic mass is 16.2. The van der Waals surface area contributed by atoms with Gasteiger partial charge in [-0.3, -0.25) is 9.78 Å². The van der Waals surface area contributed by atoms with Crippen LogP contribution in [-0.4, -0.2) is 34.4 Å². The van der Waals surface area contributed by atoms with E-state index in [1.807, 2.05) is 17.0 Å². The van der Waals surface area contributed by atoms with Crippen molar-refractivity contribution in [3.8, 4) is 0 Å². The first-order valence-electron chi connectivity index (χ1n) is 7.66. The van der Waals surface area contributed by atoms with Crippen molar-refractivity contribution in [2.45, 2.75) is 58.5 Å². The van der Waals surface area contributed by atoms with Crippen molar-refractivity contribution in [3.05, 3.63) is 24.0 Å². The van der Waals surface area contributed by atoms with Gasteiger partial charge in [0, 0.05) is 30.5 Å². The minimum absolute atomic E-state index is 0.0600. The van der Waals surface area contributed by atoms with Crippen LogP contribution in [0.4, 0.5) is 5.69 Å². The van der Waals surface area contributed by atoms with E-state index in [1.54, 1.807) is 6.20 Å². The van der Waals surface area contributed by atoms with Crippen molar-refractivity contribution in [2.24, 2.45) is 0 Å². The number of nitrogens with zero attached hydrogens (tertiary/aromatic N) is 2. The lowest BCUT2D eigenvalue weighted by Gasteiger charge is -2.38. The molecule has 0 saturated carbocycles. The molecule has 2 rings (SSSR count). The summed E-state index contributed by atoms with van der Waals surface area (Å²) in [4.78, 5) is 18.9. The first kappa shape index (κ1) is 14.8. The Morgan fingerprint density at radius 3 is 2.75 bits per heavy atom. The smallest absolute Gasteiger partial charge is 0.273 e. The summed E-state index contributed by atoms with van der Waals surface area (Å²) in [5.74, 6) is 0.0600. The summed E-state index contributed by atoms with van der Waals surface area (Å²) in [6, 6.07) is 4.39. The lowest BCUT2D eigenvalue weighted by atomic mass is 9.97. The van der Waals surface area contributed by atoms with E-state index in [2.05, 4.69) is 31.1 Å². The predicted octanol–water partition coefficient (Wildman–Crippen LogP) is 3.31. The number of nitrogens with one attached hydrogen (secondary N) is 1. The lowest BCUT2D eigenvalue weighted by Crippen LogP contribution is -2.47. The lowest BCUT2D eigenvalue weighted by molar-refractivity contribution is 0.0504. The average molecular weight is 275 g/mol. The number of aromatic nitrogens is 1. The summed E-state index contributed by atoms with van der Waals surface area (Å²) in [7, 11) is 0. The number of carbonyl (C=O) groups is 1. The minimum atomic E-state index is 0.0600. The molecule has 4 heteroatoms. The van der Waals surface area contributed by atoms with Crippen molar-refractivity contribution in [1.29, 1.82) is 0 Å². The molecule has 20 heavy (non-hydrogen) atoms. The van der Waals surface area contributed by atoms with E-state index in [4.69, 9.17) is 0 Å². The zero-order chi connectivity index (χ0) is 14.5. The fraction of sp³-hybridized carbons (Fsp3) is 0.625. The maximum Gasteiger partial charge on any atom is 0.273 e. The van der Waals surface area contributed by atoms with E-state index >= 15 is 0 Å². The molecular weight excluding hydrogens is 250 g/mol. The number of amides is 1. The van der Waals surface area contributed by atoms with E-state index in [0.717, 1.165) is 31.5 Å². The molecule has 4 nitrogen and oxygen atoms in total. The van der Waals surface area contributed by atoms with Gasteiger partial charge in [-0.2, -0.15) is 0 Å². The quantitative estimate of drug-likeness (QED) is 0.917. The normalized spacial score (nSPS) is 22.6. The zero-order valence-corrected chi connectivity index (χ0v) is 12.7. The van der Waals surface area contributed by atoms with Gasteiger partial charge in [0.1, 0.15) is 5.69 Å². The van der Waals surface area contributed by atoms with Crippen LogP contribution in [0.2, 0.25) is 0 Å². The molecule has 0 aliphatic carbocycles. The highest BCUT2D eigenvalue weighted by Crippen LogP contribution is 2.24. The molecule has 1 fully saturated rings. The zero-order valence-electron chi connectivity index (χ0n) is 12.7. The van der Waals surface area contributed by atoms with Crippen LogP contribution in [0.25, 0.3) is 0 Å². The number of rotatable bonds is 4. The van der Waals surface area contributed by atoms with E-state index in [-0.39, 0.29) is 5.91 Å². The van der Waals surface area contributed by atoms with Crippen LogP contribution in [-0.2, 0) is 0 Å². The molecule has 1 amide bonds. The Bertz CT molecular complexity index is 451. The molecule has 1 N–H and O–H groups in total. The van der Waals surface area contributed by atoms with Gasteiger partial charge in [0.15, 0.2) is 0 Å². The van der Waals surface area contributed by atoms with Gasteiger partial charge in [-0.05, 0) is 51.7 Å². The maximum absolute atomic E-state index is 12.7. The van der Waals surface area contributed by atoms with Gasteiger partial charge in [0.2, 0.25) is 0 Å². The molecule has 1 aromatic rings. The average Bonchev–Trinajstić information content (AvgIpc) is 2.45. The third-order valence-electron chi connectivity index (χ3n) is 3.99. The van der Waals surface area contributed by atoms with Crippen LogP contribution in [0.5, 0.6) is 0 Å². The number of piperidine rings is 1. The molecule has 1 aliphatic heterocycles. The highest BCUT2D eigenvalue weighted by Gasteiger charge is 2.30. The van der Waals surface area contributed by atoms with E-state index in [0.29, 0.717) is 17.8 Å². The van der Waals surface area contributed by atoms with Crippen LogP contribution >= 0.6 is 0 Å². The summed E-state index contributed by atoms with van der Waals surface area (Å²) in [6.45, 7) is 7.30. The maximum atomic E-state index is 12.7. The summed E-state index contributed by atoms with van der Waals surface area (Å²) in [5.41, 5.74) is 1.52. The molecule has 0 spiro atoms. The molecule has 0 radical (unpaired) electrons. The molecule has 1 aliphatic rings. The molecule has 0 bridgehead atoms. The molecule has 0 unspecified atom stereocenters. The number of hydrogen-bond acceptors (Lipinski definition) is 3. The number of hydrogen-bond donors (Lipinski definition) is 1. The van der Waals surface area contributed by atoms with Crippen LogP contribution in [0.15, 0.2) is 18.3 Å². The first-order valence-corrected chi connectivity index (χ1v) is 7.66. The molecule has 2 heterocycles. The van der Waals surface area contributed by atoms with Crippen LogP contribution < -0.4 is 5.32 Å². The van der Waals surface area contributed by atoms with Gasteiger partial charge in [-0.25, -0.2) is 0 Å². The topological polar surface area (TPSA) is 45.2 Å². The second-order valence-electron chi connectivity index (χ2n) is 5.70. The third-order valence-corrected chi connectivity index (χ3v) is 3.99. The van der Waals surface area contributed by atoms with Gasteiger partial charge in [-0.15, -0.1) is 0 Å². The van der Waals surface area contributed by atoms with Gasteiger partial charge >= 0.3 is 0 Å². The summed E-state index contributed by atoms with van der Waals surface area (Å²) < 4.78 is 0. The largest absolute Gasteiger partial charge is 0.385 e. The summed E-state index contributed by atoms with van der Waals surface area (Å²) in [6.07, 6.45) is 6.15. The van der Waals surface area contributed by atoms with Gasteiger partial charge in [-0.1, -0.05) is 6.92 Å². The first-order chi connectivity index (χ1) is 9.63. The monoisotopic (exact) mass is 275 g/mol. The molecule has 2 atom stereocenters. The minimum Gasteiger partial charge on any atom is -0.385 e. The van der Waals surface area contributed by atoms with Crippen molar-refractivity contribution in [1.82, 2.24) is 9.88 Å². The Morgan fingerprint density at radius 1 is 1.40 bits per heavy atom. The Kier molecular flexibility index (Phi) is 4.99. The number of likely N-dealkylation sites (tertiary alicyclic amines) is 1. The Morgan fingerprint density at radius 2 is 2.10 bits per heavy atom. The number of anilines is 1. The highest BCUT2D eigenvalue weighted by molar-refractivity contribution is 5.93. The van der Waals surface area contributed by atoms with Crippen molar-refractivity contribution in [2.75, 3.05) is 11.9 Å². The van der Waals surface area contributed by atoms with Crippen molar-refractivity contribution >= 4 is 11.6 Å². The molecular formula is C16H25N3O. The van der Waals surface area contributed by atoms with E-state index in [1.165, 1.54) is 6.42 Å². The summed E-state index contributed by atoms with van der Waals surface area (Å²) in [5, 5.41) is 3.30. The van der Waals surface area contributed by atoms with Crippen molar-refractivity contribution in [3.63, 3.8) is 0 Å². The van der Waals surface area contributed by atoms with Crippen LogP contribution in [0.1, 0.15) is 56.9 Å².